The molecule has 0 spiro atoms. The Labute approximate surface area is 475 Å². The molecule has 0 aliphatic carbocycles. The maximum atomic E-state index is 6.45. The van der Waals surface area contributed by atoms with Gasteiger partial charge >= 0.3 is 17.1 Å². The van der Waals surface area contributed by atoms with Crippen molar-refractivity contribution in [2.24, 2.45) is 0 Å². The number of rotatable bonds is 32. The van der Waals surface area contributed by atoms with Crippen LogP contribution in [0.5, 0.6) is 0 Å². The Kier molecular flexibility index (Phi) is 37.0. The molecule has 5 heterocycles. The molecule has 0 aromatic heterocycles. The van der Waals surface area contributed by atoms with Crippen molar-refractivity contribution in [2.75, 3.05) is 79.3 Å². The second-order valence-electron chi connectivity index (χ2n) is 25.5. The van der Waals surface area contributed by atoms with Crippen LogP contribution in [0.1, 0.15) is 27.2 Å². The topological polar surface area (TPSA) is 164 Å². The highest BCUT2D eigenvalue weighted by atomic mass is 28.5. The summed E-state index contributed by atoms with van der Waals surface area (Å²) in [6.45, 7) is 65.2. The van der Waals surface area contributed by atoms with E-state index in [-0.39, 0.29) is 6.10 Å². The highest BCUT2D eigenvalue weighted by Crippen LogP contribution is 2.28. The molecule has 0 aromatic rings. The van der Waals surface area contributed by atoms with Gasteiger partial charge in [-0.2, -0.15) is 0 Å². The molecule has 16 nitrogen and oxygen atoms in total. The molecule has 5 atom stereocenters. The second-order valence-corrected chi connectivity index (χ2v) is 62.6. The lowest BCUT2D eigenvalue weighted by Gasteiger charge is -2.38. The van der Waals surface area contributed by atoms with Crippen LogP contribution in [0.15, 0.2) is 48.8 Å². The highest BCUT2D eigenvalue weighted by molar-refractivity contribution is 6.91. The largest absolute Gasteiger partial charge is 0.499 e. The Hall–Kier alpha value is -0.208. The molecular formula is C51H114O16Si9. The van der Waals surface area contributed by atoms with Crippen molar-refractivity contribution in [2.45, 2.75) is 201 Å². The first kappa shape index (κ1) is 75.8. The predicted octanol–water partition coefficient (Wildman–Crippen LogP) is 12.2. The second kappa shape index (κ2) is 37.1. The number of allylic oxidation sites excluding steroid dienone is 3. The third kappa shape index (κ3) is 54.4. The summed E-state index contributed by atoms with van der Waals surface area (Å²) in [5, 5.41) is 1.11. The highest BCUT2D eigenvalue weighted by Gasteiger charge is 2.43. The first-order valence-corrected chi connectivity index (χ1v) is 54.9. The normalized spacial score (nSPS) is 21.3. The third-order valence-electron chi connectivity index (χ3n) is 9.15. The van der Waals surface area contributed by atoms with Crippen LogP contribution in [0, 0.1) is 0 Å². The minimum Gasteiger partial charge on any atom is -0.499 e. The summed E-state index contributed by atoms with van der Waals surface area (Å²) in [7, 11) is -15.0. The SMILES string of the molecule is C/C=C/OCC1CO1.C/C=C\OCC1CO1.C=CCOCC1CO1.CC(=COCC1CO1)[Si](C)(O[Si](C)(C)C)O[Si](C)(C)C.C[SiH](O[Si](C)(C)C)O[Si](C)(C)C.C[Si](C)(C)O[Si](C)(CCCOCC1CO1)O[Si](C)(C)C. The number of epoxide rings is 5. The zero-order chi connectivity index (χ0) is 58.5. The summed E-state index contributed by atoms with van der Waals surface area (Å²) >= 11 is 0. The van der Waals surface area contributed by atoms with E-state index >= 15 is 0 Å². The molecule has 0 saturated carbocycles. The monoisotopic (exact) mass is 1230 g/mol. The van der Waals surface area contributed by atoms with Gasteiger partial charge in [-0.3, -0.25) is 0 Å². The summed E-state index contributed by atoms with van der Waals surface area (Å²) in [5.74, 6) is 0. The molecule has 450 valence electrons. The van der Waals surface area contributed by atoms with E-state index in [0.29, 0.717) is 50.8 Å². The molecule has 5 fully saturated rings. The lowest BCUT2D eigenvalue weighted by atomic mass is 10.5. The Balaban J connectivity index is 0.000000929. The van der Waals surface area contributed by atoms with E-state index in [1.54, 1.807) is 18.6 Å². The maximum Gasteiger partial charge on any atom is 0.347 e. The van der Waals surface area contributed by atoms with E-state index in [2.05, 4.69) is 151 Å². The van der Waals surface area contributed by atoms with Crippen LogP contribution >= 0.6 is 0 Å². The Morgan fingerprint density at radius 3 is 1.12 bits per heavy atom. The van der Waals surface area contributed by atoms with Gasteiger partial charge in [0.1, 0.15) is 50.3 Å². The van der Waals surface area contributed by atoms with Crippen LogP contribution in [0.3, 0.4) is 0 Å². The first-order chi connectivity index (χ1) is 34.8. The predicted molar refractivity (Wildman–Crippen MR) is 334 cm³/mol. The molecule has 0 radical (unpaired) electrons. The van der Waals surface area contributed by atoms with Crippen LogP contribution in [-0.2, 0) is 72.1 Å². The maximum absolute atomic E-state index is 6.45. The zero-order valence-corrected chi connectivity index (χ0v) is 61.7. The average molecular weight is 1240 g/mol. The van der Waals surface area contributed by atoms with Crippen molar-refractivity contribution >= 4 is 76.3 Å². The van der Waals surface area contributed by atoms with Crippen LogP contribution in [-0.4, -0.2) is 186 Å². The fourth-order valence-electron chi connectivity index (χ4n) is 6.51. The standard InChI is InChI=1S/C13H30O4Si3.C13H32O4Si3.C7H22O2Si3.3C6H10O2/c1-12(9-14-10-13-11-15-13)20(8,16-18(2,3)4)17-19(5,6)7;1-18(2,3)16-20(7,17-19(4,5)6)10-8-9-14-11-13-12-15-13;1-10(8-11(2,3)4)9-12(5,6)7;3*1-2-3-7-4-6-5-8-6/h9,13H,10-11H2,1-8H3;13H,8-12H2,1-7H3;10H,1-7H3;2*2-3,6H,4-5H2,1H3;2,6H,1,3-5H2/b;;;3-2+;3-2-;. The van der Waals surface area contributed by atoms with Crippen molar-refractivity contribution in [3.05, 3.63) is 48.8 Å². The number of ether oxygens (including phenoxy) is 10. The van der Waals surface area contributed by atoms with E-state index in [9.17, 15) is 0 Å². The van der Waals surface area contributed by atoms with Gasteiger partial charge in [0.2, 0.25) is 0 Å². The number of hydrogen-bond acceptors (Lipinski definition) is 16. The minimum atomic E-state index is -2.36. The summed E-state index contributed by atoms with van der Waals surface area (Å²) in [6, 6.07) is 1.02. The molecule has 5 saturated heterocycles. The fourth-order valence-corrected chi connectivity index (χ4v) is 39.1. The lowest BCUT2D eigenvalue weighted by Crippen LogP contribution is -2.53. The van der Waals surface area contributed by atoms with Gasteiger partial charge in [-0.25, -0.2) is 0 Å². The molecule has 25 heteroatoms. The van der Waals surface area contributed by atoms with Gasteiger partial charge in [0.05, 0.1) is 71.6 Å². The van der Waals surface area contributed by atoms with Gasteiger partial charge in [-0.1, -0.05) is 18.2 Å². The van der Waals surface area contributed by atoms with Gasteiger partial charge < -0.3 is 72.1 Å². The van der Waals surface area contributed by atoms with E-state index in [1.165, 1.54) is 0 Å². The van der Waals surface area contributed by atoms with Crippen LogP contribution in [0.4, 0.5) is 0 Å². The molecule has 76 heavy (non-hydrogen) atoms. The fraction of sp³-hybridized carbons (Fsp3) is 0.843. The van der Waals surface area contributed by atoms with E-state index in [0.717, 1.165) is 70.5 Å². The molecule has 0 aromatic carbocycles. The lowest BCUT2D eigenvalue weighted by molar-refractivity contribution is 0.116. The smallest absolute Gasteiger partial charge is 0.347 e. The molecule has 0 amide bonds. The molecule has 5 aliphatic rings. The van der Waals surface area contributed by atoms with Gasteiger partial charge in [0.15, 0.2) is 49.9 Å². The first-order valence-electron chi connectivity index (χ1n) is 27.6. The Morgan fingerprint density at radius 2 is 0.816 bits per heavy atom. The molecule has 0 N–H and O–H groups in total. The summed E-state index contributed by atoms with van der Waals surface area (Å²) in [5.41, 5.74) is 0. The molecule has 5 rings (SSSR count). The van der Waals surface area contributed by atoms with Crippen LogP contribution in [0.2, 0.25) is 144 Å². The van der Waals surface area contributed by atoms with E-state index < -0.39 is 76.3 Å². The molecule has 0 bridgehead atoms. The minimum absolute atomic E-state index is 0.280. The van der Waals surface area contributed by atoms with Gasteiger partial charge in [0.25, 0.3) is 9.28 Å². The van der Waals surface area contributed by atoms with Crippen LogP contribution in [0.25, 0.3) is 0 Å². The molecule has 5 aliphatic heterocycles. The Morgan fingerprint density at radius 1 is 0.487 bits per heavy atom. The van der Waals surface area contributed by atoms with Crippen molar-refractivity contribution in [1.29, 1.82) is 0 Å². The van der Waals surface area contributed by atoms with Gasteiger partial charge in [-0.05, 0) is 171 Å². The van der Waals surface area contributed by atoms with Gasteiger partial charge in [-0.15, -0.1) is 6.58 Å². The summed E-state index contributed by atoms with van der Waals surface area (Å²) < 4.78 is 88.9. The molecule has 5 unspecified atom stereocenters. The van der Waals surface area contributed by atoms with Crippen molar-refractivity contribution in [3.63, 3.8) is 0 Å². The third-order valence-corrected chi connectivity index (χ3v) is 36.6. The Bertz CT molecular complexity index is 1530. The molecular weight excluding hydrogens is 1120 g/mol. The van der Waals surface area contributed by atoms with Crippen molar-refractivity contribution < 1.29 is 72.1 Å². The van der Waals surface area contributed by atoms with E-state index in [1.807, 2.05) is 32.3 Å². The van der Waals surface area contributed by atoms with Crippen molar-refractivity contribution in [1.82, 2.24) is 0 Å². The average Bonchev–Trinajstić information content (AvgIpc) is 3.99. The van der Waals surface area contributed by atoms with Gasteiger partial charge in [0, 0.05) is 11.8 Å². The zero-order valence-electron chi connectivity index (χ0n) is 52.6. The summed E-state index contributed by atoms with van der Waals surface area (Å²) in [6.07, 6.45) is 13.5. The number of hydrogen-bond donors (Lipinski definition) is 0. The van der Waals surface area contributed by atoms with Crippen LogP contribution < -0.4 is 0 Å². The summed E-state index contributed by atoms with van der Waals surface area (Å²) in [4.78, 5) is 0. The van der Waals surface area contributed by atoms with E-state index in [4.69, 9.17) is 72.1 Å². The van der Waals surface area contributed by atoms with Crippen molar-refractivity contribution in [3.8, 4) is 0 Å². The quantitative estimate of drug-likeness (QED) is 0.0205.